The van der Waals surface area contributed by atoms with Gasteiger partial charge in [-0.2, -0.15) is 0 Å². The molecule has 0 N–H and O–H groups in total. The molecule has 2 aromatic rings. The Hall–Kier alpha value is -0.930. The van der Waals surface area contributed by atoms with Crippen LogP contribution in [0.3, 0.4) is 0 Å². The summed E-state index contributed by atoms with van der Waals surface area (Å²) >= 11 is 4.90. The zero-order chi connectivity index (χ0) is 12.6. The lowest BCUT2D eigenvalue weighted by Crippen LogP contribution is -2.05. The molecule has 1 heterocycles. The highest BCUT2D eigenvalue weighted by atomic mass is 79.9. The number of thiophene rings is 1. The molecule has 88 valence electrons. The van der Waals surface area contributed by atoms with Crippen molar-refractivity contribution in [3.63, 3.8) is 0 Å². The predicted molar refractivity (Wildman–Crippen MR) is 76.1 cm³/mol. The number of hydrogen-bond donors (Lipinski definition) is 0. The maximum Gasteiger partial charge on any atom is 0.204 e. The Balaban J connectivity index is 2.56. The first-order valence-electron chi connectivity index (χ1n) is 5.36. The number of aryl methyl sites for hydroxylation is 3. The van der Waals surface area contributed by atoms with E-state index in [1.54, 1.807) is 0 Å². The monoisotopic (exact) mass is 308 g/mol. The predicted octanol–water partition coefficient (Wildman–Crippen LogP) is 4.67. The van der Waals surface area contributed by atoms with Crippen molar-refractivity contribution in [1.82, 2.24) is 0 Å². The molecular formula is C14H13BrOS. The lowest BCUT2D eigenvalue weighted by molar-refractivity contribution is 0.104. The van der Waals surface area contributed by atoms with Gasteiger partial charge in [-0.1, -0.05) is 17.7 Å². The van der Waals surface area contributed by atoms with Crippen LogP contribution < -0.4 is 0 Å². The normalized spacial score (nSPS) is 10.6. The van der Waals surface area contributed by atoms with E-state index in [0.717, 1.165) is 26.0 Å². The van der Waals surface area contributed by atoms with Gasteiger partial charge in [-0.25, -0.2) is 0 Å². The van der Waals surface area contributed by atoms with Gasteiger partial charge in [0.2, 0.25) is 5.78 Å². The van der Waals surface area contributed by atoms with Crippen LogP contribution in [0.4, 0.5) is 0 Å². The quantitative estimate of drug-likeness (QED) is 0.737. The highest BCUT2D eigenvalue weighted by Gasteiger charge is 2.18. The molecule has 1 aromatic carbocycles. The van der Waals surface area contributed by atoms with E-state index in [4.69, 9.17) is 0 Å². The molecule has 17 heavy (non-hydrogen) atoms. The summed E-state index contributed by atoms with van der Waals surface area (Å²) in [6.07, 6.45) is 0. The van der Waals surface area contributed by atoms with Crippen molar-refractivity contribution < 1.29 is 4.79 Å². The standard InChI is InChI=1S/C14H13BrOS/c1-8-6-9(2)12(10(3)7-8)13(16)14-11(15)4-5-17-14/h4-7H,1-3H3. The maximum atomic E-state index is 12.5. The van der Waals surface area contributed by atoms with E-state index >= 15 is 0 Å². The summed E-state index contributed by atoms with van der Waals surface area (Å²) in [4.78, 5) is 13.2. The Bertz CT molecular complexity index is 561. The summed E-state index contributed by atoms with van der Waals surface area (Å²) < 4.78 is 0.881. The summed E-state index contributed by atoms with van der Waals surface area (Å²) in [5.74, 6) is 0.113. The van der Waals surface area contributed by atoms with E-state index in [-0.39, 0.29) is 5.78 Å². The fraction of sp³-hybridized carbons (Fsp3) is 0.214. The van der Waals surface area contributed by atoms with Gasteiger partial charge in [-0.05, 0) is 59.3 Å². The average Bonchev–Trinajstić information content (AvgIpc) is 2.62. The third-order valence-corrected chi connectivity index (χ3v) is 4.56. The van der Waals surface area contributed by atoms with Crippen molar-refractivity contribution in [2.24, 2.45) is 0 Å². The first-order valence-corrected chi connectivity index (χ1v) is 7.03. The van der Waals surface area contributed by atoms with Crippen LogP contribution in [0, 0.1) is 20.8 Å². The van der Waals surface area contributed by atoms with Crippen LogP contribution in [-0.4, -0.2) is 5.78 Å². The van der Waals surface area contributed by atoms with Gasteiger partial charge >= 0.3 is 0 Å². The Kier molecular flexibility index (Phi) is 3.50. The van der Waals surface area contributed by atoms with Gasteiger partial charge in [-0.15, -0.1) is 11.3 Å². The summed E-state index contributed by atoms with van der Waals surface area (Å²) in [5.41, 5.74) is 4.13. The fourth-order valence-corrected chi connectivity index (χ4v) is 3.60. The number of rotatable bonds is 2. The smallest absolute Gasteiger partial charge is 0.204 e. The van der Waals surface area contributed by atoms with Crippen molar-refractivity contribution >= 4 is 33.0 Å². The molecule has 0 saturated carbocycles. The van der Waals surface area contributed by atoms with Crippen molar-refractivity contribution in [2.45, 2.75) is 20.8 Å². The zero-order valence-electron chi connectivity index (χ0n) is 10.0. The molecule has 1 aromatic heterocycles. The first kappa shape index (κ1) is 12.5. The molecule has 0 fully saturated rings. The molecule has 0 saturated heterocycles. The molecule has 0 aliphatic carbocycles. The molecule has 0 radical (unpaired) electrons. The second kappa shape index (κ2) is 4.75. The van der Waals surface area contributed by atoms with Gasteiger partial charge in [0.25, 0.3) is 0 Å². The van der Waals surface area contributed by atoms with Gasteiger partial charge in [-0.3, -0.25) is 4.79 Å². The Morgan fingerprint density at radius 3 is 2.24 bits per heavy atom. The van der Waals surface area contributed by atoms with Crippen LogP contribution in [0.1, 0.15) is 31.9 Å². The van der Waals surface area contributed by atoms with Crippen LogP contribution in [0.5, 0.6) is 0 Å². The van der Waals surface area contributed by atoms with Crippen LogP contribution >= 0.6 is 27.3 Å². The van der Waals surface area contributed by atoms with Gasteiger partial charge in [0.05, 0.1) is 4.88 Å². The number of carbonyl (C=O) groups is 1. The van der Waals surface area contributed by atoms with Crippen LogP contribution in [0.25, 0.3) is 0 Å². The Labute approximate surface area is 114 Å². The molecule has 0 spiro atoms. The summed E-state index contributed by atoms with van der Waals surface area (Å²) in [7, 11) is 0. The van der Waals surface area contributed by atoms with Crippen LogP contribution in [0.2, 0.25) is 0 Å². The van der Waals surface area contributed by atoms with E-state index in [0.29, 0.717) is 0 Å². The summed E-state index contributed by atoms with van der Waals surface area (Å²) in [5, 5.41) is 1.93. The van der Waals surface area contributed by atoms with Gasteiger partial charge in [0.1, 0.15) is 0 Å². The third kappa shape index (κ3) is 2.35. The molecule has 3 heteroatoms. The fourth-order valence-electron chi connectivity index (χ4n) is 2.11. The number of halogens is 1. The minimum atomic E-state index is 0.113. The zero-order valence-corrected chi connectivity index (χ0v) is 12.4. The molecule has 0 amide bonds. The average molecular weight is 309 g/mol. The van der Waals surface area contributed by atoms with Gasteiger partial charge in [0.15, 0.2) is 0 Å². The second-order valence-electron chi connectivity index (χ2n) is 4.20. The minimum absolute atomic E-state index is 0.113. The van der Waals surface area contributed by atoms with Crippen LogP contribution in [0.15, 0.2) is 28.1 Å². The highest BCUT2D eigenvalue weighted by molar-refractivity contribution is 9.10. The number of benzene rings is 1. The van der Waals surface area contributed by atoms with Crippen molar-refractivity contribution in [2.75, 3.05) is 0 Å². The molecule has 0 unspecified atom stereocenters. The van der Waals surface area contributed by atoms with E-state index in [9.17, 15) is 4.79 Å². The van der Waals surface area contributed by atoms with E-state index < -0.39 is 0 Å². The molecule has 2 rings (SSSR count). The lowest BCUT2D eigenvalue weighted by Gasteiger charge is -2.09. The van der Waals surface area contributed by atoms with E-state index in [2.05, 4.69) is 35.0 Å². The second-order valence-corrected chi connectivity index (χ2v) is 5.97. The largest absolute Gasteiger partial charge is 0.288 e. The van der Waals surface area contributed by atoms with E-state index in [1.807, 2.05) is 25.3 Å². The Morgan fingerprint density at radius 1 is 1.18 bits per heavy atom. The molecule has 1 nitrogen and oxygen atoms in total. The molecule has 0 atom stereocenters. The van der Waals surface area contributed by atoms with Crippen molar-refractivity contribution in [1.29, 1.82) is 0 Å². The van der Waals surface area contributed by atoms with Gasteiger partial charge < -0.3 is 0 Å². The molecular weight excluding hydrogens is 296 g/mol. The summed E-state index contributed by atoms with van der Waals surface area (Å²) in [6, 6.07) is 6.03. The molecule has 0 bridgehead atoms. The number of ketones is 1. The van der Waals surface area contributed by atoms with Crippen LogP contribution in [-0.2, 0) is 0 Å². The Morgan fingerprint density at radius 2 is 1.76 bits per heavy atom. The topological polar surface area (TPSA) is 17.1 Å². The molecule has 0 aliphatic heterocycles. The summed E-state index contributed by atoms with van der Waals surface area (Å²) in [6.45, 7) is 6.04. The first-order chi connectivity index (χ1) is 8.00. The van der Waals surface area contributed by atoms with Crippen molar-refractivity contribution in [3.05, 3.63) is 55.2 Å². The molecule has 0 aliphatic rings. The third-order valence-electron chi connectivity index (χ3n) is 2.73. The minimum Gasteiger partial charge on any atom is -0.288 e. The number of carbonyl (C=O) groups excluding carboxylic acids is 1. The highest BCUT2D eigenvalue weighted by Crippen LogP contribution is 2.28. The van der Waals surface area contributed by atoms with E-state index in [1.165, 1.54) is 16.9 Å². The number of hydrogen-bond acceptors (Lipinski definition) is 2. The SMILES string of the molecule is Cc1cc(C)c(C(=O)c2sccc2Br)c(C)c1. The van der Waals surface area contributed by atoms with Gasteiger partial charge in [0, 0.05) is 10.0 Å². The lowest BCUT2D eigenvalue weighted by atomic mass is 9.96. The van der Waals surface area contributed by atoms with Crippen molar-refractivity contribution in [3.8, 4) is 0 Å². The maximum absolute atomic E-state index is 12.5.